The number of nitro groups is 1. The van der Waals surface area contributed by atoms with Crippen molar-refractivity contribution in [3.8, 4) is 6.07 Å². The zero-order chi connectivity index (χ0) is 16.4. The number of hydrogen-bond donors (Lipinski definition) is 1. The van der Waals surface area contributed by atoms with E-state index in [2.05, 4.69) is 11.4 Å². The first-order valence-electron chi connectivity index (χ1n) is 6.10. The van der Waals surface area contributed by atoms with Crippen LogP contribution in [-0.4, -0.2) is 10.8 Å². The summed E-state index contributed by atoms with van der Waals surface area (Å²) in [5.74, 6) is -0.516. The van der Waals surface area contributed by atoms with E-state index in [1.54, 1.807) is 6.92 Å². The summed E-state index contributed by atoms with van der Waals surface area (Å²) in [7, 11) is 0. The molecule has 2 aromatic rings. The third kappa shape index (κ3) is 2.93. The van der Waals surface area contributed by atoms with Gasteiger partial charge < -0.3 is 5.32 Å². The van der Waals surface area contributed by atoms with E-state index in [-0.39, 0.29) is 16.3 Å². The first-order valence-corrected chi connectivity index (χ1v) is 7.30. The van der Waals surface area contributed by atoms with E-state index in [0.29, 0.717) is 10.6 Å². The minimum atomic E-state index is -0.590. The van der Waals surface area contributed by atoms with Crippen molar-refractivity contribution in [2.75, 3.05) is 5.32 Å². The Morgan fingerprint density at radius 3 is 2.68 bits per heavy atom. The van der Waals surface area contributed by atoms with E-state index in [0.717, 1.165) is 16.5 Å². The van der Waals surface area contributed by atoms with E-state index in [4.69, 9.17) is 16.9 Å². The minimum absolute atomic E-state index is 0.0183. The van der Waals surface area contributed by atoms with Crippen LogP contribution in [0, 0.1) is 35.3 Å². The fourth-order valence-corrected chi connectivity index (χ4v) is 3.09. The van der Waals surface area contributed by atoms with Crippen LogP contribution >= 0.6 is 22.9 Å². The largest absolute Gasteiger partial charge is 0.312 e. The Labute approximate surface area is 135 Å². The molecule has 1 amide bonds. The zero-order valence-electron chi connectivity index (χ0n) is 11.6. The number of amides is 1. The maximum Gasteiger partial charge on any atom is 0.270 e. The van der Waals surface area contributed by atoms with E-state index in [1.807, 2.05) is 6.92 Å². The molecular formula is C14H10ClN3O3S. The molecule has 2 rings (SSSR count). The van der Waals surface area contributed by atoms with Crippen LogP contribution in [-0.2, 0) is 0 Å². The average molecular weight is 336 g/mol. The molecule has 0 fully saturated rings. The smallest absolute Gasteiger partial charge is 0.270 e. The lowest BCUT2D eigenvalue weighted by Crippen LogP contribution is -2.12. The molecule has 0 saturated carbocycles. The minimum Gasteiger partial charge on any atom is -0.312 e. The molecule has 0 aliphatic carbocycles. The molecule has 0 bridgehead atoms. The van der Waals surface area contributed by atoms with E-state index in [1.165, 1.54) is 23.5 Å². The normalized spacial score (nSPS) is 10.1. The third-order valence-corrected chi connectivity index (χ3v) is 4.57. The number of aryl methyl sites for hydroxylation is 1. The van der Waals surface area contributed by atoms with Crippen LogP contribution < -0.4 is 5.32 Å². The van der Waals surface area contributed by atoms with Crippen molar-refractivity contribution in [3.05, 3.63) is 54.9 Å². The summed E-state index contributed by atoms with van der Waals surface area (Å²) >= 11 is 7.21. The van der Waals surface area contributed by atoms with Crippen molar-refractivity contribution in [3.63, 3.8) is 0 Å². The lowest BCUT2D eigenvalue weighted by atomic mass is 10.1. The Morgan fingerprint density at radius 2 is 2.14 bits per heavy atom. The maximum atomic E-state index is 12.2. The summed E-state index contributed by atoms with van der Waals surface area (Å²) in [6.45, 7) is 3.66. The van der Waals surface area contributed by atoms with E-state index >= 15 is 0 Å². The molecule has 0 saturated heterocycles. The molecule has 0 aliphatic rings. The van der Waals surface area contributed by atoms with Gasteiger partial charge in [-0.1, -0.05) is 11.6 Å². The molecule has 1 N–H and O–H groups in total. The monoisotopic (exact) mass is 335 g/mol. The summed E-state index contributed by atoms with van der Waals surface area (Å²) in [5, 5.41) is 22.9. The molecule has 0 unspecified atom stereocenters. The molecule has 0 spiro atoms. The Balaban J connectivity index is 2.33. The fourth-order valence-electron chi connectivity index (χ4n) is 1.82. The number of halogens is 1. The number of non-ortho nitro benzene ring substituents is 1. The first-order chi connectivity index (χ1) is 10.3. The summed E-state index contributed by atoms with van der Waals surface area (Å²) in [5.41, 5.74) is 1.15. The van der Waals surface area contributed by atoms with Crippen LogP contribution in [0.3, 0.4) is 0 Å². The number of nitriles is 1. The molecule has 1 aromatic carbocycles. The number of rotatable bonds is 3. The van der Waals surface area contributed by atoms with Gasteiger partial charge in [0, 0.05) is 17.0 Å². The lowest BCUT2D eigenvalue weighted by molar-refractivity contribution is -0.384. The molecular weight excluding hydrogens is 326 g/mol. The number of benzene rings is 1. The van der Waals surface area contributed by atoms with Crippen LogP contribution in [0.5, 0.6) is 0 Å². The van der Waals surface area contributed by atoms with Crippen molar-refractivity contribution in [2.24, 2.45) is 0 Å². The highest BCUT2D eigenvalue weighted by Gasteiger charge is 2.18. The van der Waals surface area contributed by atoms with Crippen LogP contribution in [0.25, 0.3) is 0 Å². The molecule has 8 heteroatoms. The van der Waals surface area contributed by atoms with Crippen LogP contribution in [0.1, 0.15) is 26.4 Å². The van der Waals surface area contributed by atoms with Gasteiger partial charge in [0.25, 0.3) is 11.6 Å². The number of carbonyl (C=O) groups is 1. The second-order valence-corrected chi connectivity index (χ2v) is 6.11. The van der Waals surface area contributed by atoms with Gasteiger partial charge in [0.05, 0.1) is 21.1 Å². The molecule has 112 valence electrons. The van der Waals surface area contributed by atoms with E-state index < -0.39 is 10.8 Å². The van der Waals surface area contributed by atoms with Crippen molar-refractivity contribution in [1.82, 2.24) is 0 Å². The summed E-state index contributed by atoms with van der Waals surface area (Å²) in [6, 6.07) is 5.66. The van der Waals surface area contributed by atoms with Gasteiger partial charge in [0.1, 0.15) is 11.1 Å². The quantitative estimate of drug-likeness (QED) is 0.676. The summed E-state index contributed by atoms with van der Waals surface area (Å²) < 4.78 is 0. The highest BCUT2D eigenvalue weighted by Crippen LogP contribution is 2.32. The number of nitrogens with one attached hydrogen (secondary N) is 1. The van der Waals surface area contributed by atoms with Gasteiger partial charge in [-0.15, -0.1) is 11.3 Å². The molecule has 0 aliphatic heterocycles. The molecule has 22 heavy (non-hydrogen) atoms. The molecule has 0 atom stereocenters. The van der Waals surface area contributed by atoms with Gasteiger partial charge in [-0.3, -0.25) is 14.9 Å². The lowest BCUT2D eigenvalue weighted by Gasteiger charge is -2.05. The highest BCUT2D eigenvalue weighted by molar-refractivity contribution is 7.16. The number of hydrogen-bond acceptors (Lipinski definition) is 5. The number of anilines is 1. The summed E-state index contributed by atoms with van der Waals surface area (Å²) in [4.78, 5) is 23.2. The van der Waals surface area contributed by atoms with Crippen molar-refractivity contribution >= 4 is 39.5 Å². The predicted octanol–water partition coefficient (Wildman–Crippen LogP) is 4.05. The Bertz CT molecular complexity index is 823. The highest BCUT2D eigenvalue weighted by atomic mass is 35.5. The standard InChI is InChI=1S/C14H10ClN3O3S/c1-7-8(2)22-14(11(7)6-16)17-13(19)10-4-3-9(18(20)21)5-12(10)15/h3-5H,1-2H3,(H,17,19). The first kappa shape index (κ1) is 15.9. The fraction of sp³-hybridized carbons (Fsp3) is 0.143. The van der Waals surface area contributed by atoms with Gasteiger partial charge in [0.15, 0.2) is 0 Å². The topological polar surface area (TPSA) is 96.0 Å². The SMILES string of the molecule is Cc1sc(NC(=O)c2ccc([N+](=O)[O-])cc2Cl)c(C#N)c1C. The maximum absolute atomic E-state index is 12.2. The zero-order valence-corrected chi connectivity index (χ0v) is 13.2. The van der Waals surface area contributed by atoms with Gasteiger partial charge in [-0.25, -0.2) is 0 Å². The van der Waals surface area contributed by atoms with Crippen molar-refractivity contribution in [1.29, 1.82) is 5.26 Å². The Kier molecular flexibility index (Phi) is 4.45. The molecule has 1 aromatic heterocycles. The van der Waals surface area contributed by atoms with E-state index in [9.17, 15) is 14.9 Å². The number of nitro benzene ring substituents is 1. The Hall–Kier alpha value is -2.43. The number of carbonyl (C=O) groups excluding carboxylic acids is 1. The van der Waals surface area contributed by atoms with Crippen LogP contribution in [0.15, 0.2) is 18.2 Å². The third-order valence-electron chi connectivity index (χ3n) is 3.13. The molecule has 1 heterocycles. The second kappa shape index (κ2) is 6.13. The second-order valence-electron chi connectivity index (χ2n) is 4.47. The van der Waals surface area contributed by atoms with Gasteiger partial charge in [-0.05, 0) is 25.5 Å². The van der Waals surface area contributed by atoms with Crippen molar-refractivity contribution < 1.29 is 9.72 Å². The van der Waals surface area contributed by atoms with Crippen LogP contribution in [0.4, 0.5) is 10.7 Å². The van der Waals surface area contributed by atoms with Gasteiger partial charge in [0.2, 0.25) is 0 Å². The average Bonchev–Trinajstić information content (AvgIpc) is 2.72. The van der Waals surface area contributed by atoms with Gasteiger partial charge >= 0.3 is 0 Å². The number of nitrogens with zero attached hydrogens (tertiary/aromatic N) is 2. The predicted molar refractivity (Wildman–Crippen MR) is 84.6 cm³/mol. The van der Waals surface area contributed by atoms with Crippen LogP contribution in [0.2, 0.25) is 5.02 Å². The molecule has 0 radical (unpaired) electrons. The van der Waals surface area contributed by atoms with Crippen molar-refractivity contribution in [2.45, 2.75) is 13.8 Å². The molecule has 6 nitrogen and oxygen atoms in total. The summed E-state index contributed by atoms with van der Waals surface area (Å²) in [6.07, 6.45) is 0. The Morgan fingerprint density at radius 1 is 1.45 bits per heavy atom. The van der Waals surface area contributed by atoms with Gasteiger partial charge in [-0.2, -0.15) is 5.26 Å². The number of thiophene rings is 1.